The average Bonchev–Trinajstić information content (AvgIpc) is 2.76. The Labute approximate surface area is 188 Å². The first kappa shape index (κ1) is 23.9. The molecule has 7 nitrogen and oxygen atoms in total. The minimum absolute atomic E-state index is 0.116. The van der Waals surface area contributed by atoms with Gasteiger partial charge in [-0.1, -0.05) is 32.0 Å². The zero-order valence-corrected chi connectivity index (χ0v) is 19.2. The molecule has 0 saturated carbocycles. The van der Waals surface area contributed by atoms with E-state index >= 15 is 0 Å². The van der Waals surface area contributed by atoms with Gasteiger partial charge in [0.25, 0.3) is 0 Å². The Morgan fingerprint density at radius 1 is 1.06 bits per heavy atom. The lowest BCUT2D eigenvalue weighted by molar-refractivity contribution is -0.121. The van der Waals surface area contributed by atoms with E-state index in [4.69, 9.17) is 0 Å². The molecule has 32 heavy (non-hydrogen) atoms. The van der Waals surface area contributed by atoms with E-state index < -0.39 is 15.8 Å². The largest absolute Gasteiger partial charge is 0.326 e. The summed E-state index contributed by atoms with van der Waals surface area (Å²) in [7, 11) is -3.95. The van der Waals surface area contributed by atoms with Gasteiger partial charge in [0, 0.05) is 36.3 Å². The highest BCUT2D eigenvalue weighted by Crippen LogP contribution is 2.27. The lowest BCUT2D eigenvalue weighted by Crippen LogP contribution is -2.41. The molecule has 1 saturated heterocycles. The maximum Gasteiger partial charge on any atom is 0.245 e. The van der Waals surface area contributed by atoms with Crippen LogP contribution in [0.2, 0.25) is 0 Å². The number of rotatable bonds is 6. The standard InChI is InChI=1S/C23H28FN3O4S/c1-15(2)22(28)25-18-9-8-16(3)20(14-18)26-23(29)17-10-12-27(13-11-17)32(30,31)21-7-5-4-6-19(21)24/h4-9,14-15,17H,10-13H2,1-3H3,(H,25,28)(H,26,29). The number of piperidine rings is 1. The molecule has 2 aromatic carbocycles. The van der Waals surface area contributed by atoms with Gasteiger partial charge in [-0.2, -0.15) is 4.31 Å². The van der Waals surface area contributed by atoms with Gasteiger partial charge in [-0.3, -0.25) is 9.59 Å². The van der Waals surface area contributed by atoms with Crippen molar-refractivity contribution in [1.82, 2.24) is 4.31 Å². The minimum Gasteiger partial charge on any atom is -0.326 e. The predicted molar refractivity (Wildman–Crippen MR) is 121 cm³/mol. The van der Waals surface area contributed by atoms with Gasteiger partial charge in [0.05, 0.1) is 0 Å². The maximum atomic E-state index is 14.0. The smallest absolute Gasteiger partial charge is 0.245 e. The number of amides is 2. The SMILES string of the molecule is Cc1ccc(NC(=O)C(C)C)cc1NC(=O)C1CCN(S(=O)(=O)c2ccccc2F)CC1. The van der Waals surface area contributed by atoms with Crippen LogP contribution >= 0.6 is 0 Å². The van der Waals surface area contributed by atoms with Crippen molar-refractivity contribution >= 4 is 33.2 Å². The molecule has 2 N–H and O–H groups in total. The van der Waals surface area contributed by atoms with Crippen molar-refractivity contribution < 1.29 is 22.4 Å². The van der Waals surface area contributed by atoms with E-state index in [2.05, 4.69) is 10.6 Å². The highest BCUT2D eigenvalue weighted by Gasteiger charge is 2.33. The molecule has 0 aliphatic carbocycles. The number of carbonyl (C=O) groups excluding carboxylic acids is 2. The zero-order valence-electron chi connectivity index (χ0n) is 18.4. The van der Waals surface area contributed by atoms with Gasteiger partial charge in [0.1, 0.15) is 10.7 Å². The van der Waals surface area contributed by atoms with E-state index in [0.29, 0.717) is 24.2 Å². The Morgan fingerprint density at radius 3 is 2.34 bits per heavy atom. The van der Waals surface area contributed by atoms with Crippen LogP contribution in [0, 0.1) is 24.6 Å². The van der Waals surface area contributed by atoms with Crippen LogP contribution in [0.15, 0.2) is 47.4 Å². The molecule has 2 amide bonds. The maximum absolute atomic E-state index is 14.0. The Morgan fingerprint density at radius 2 is 1.72 bits per heavy atom. The van der Waals surface area contributed by atoms with Crippen LogP contribution < -0.4 is 10.6 Å². The third-order valence-electron chi connectivity index (χ3n) is 5.57. The molecule has 172 valence electrons. The topological polar surface area (TPSA) is 95.6 Å². The number of halogens is 1. The van der Waals surface area contributed by atoms with Crippen molar-refractivity contribution in [3.8, 4) is 0 Å². The highest BCUT2D eigenvalue weighted by atomic mass is 32.2. The minimum atomic E-state index is -3.95. The second kappa shape index (κ2) is 9.79. The van der Waals surface area contributed by atoms with Crippen molar-refractivity contribution in [2.75, 3.05) is 23.7 Å². The van der Waals surface area contributed by atoms with Crippen LogP contribution in [0.4, 0.5) is 15.8 Å². The second-order valence-corrected chi connectivity index (χ2v) is 10.2. The normalized spacial score (nSPS) is 15.5. The van der Waals surface area contributed by atoms with Crippen molar-refractivity contribution in [2.24, 2.45) is 11.8 Å². The summed E-state index contributed by atoms with van der Waals surface area (Å²) in [5, 5.41) is 5.71. The van der Waals surface area contributed by atoms with Gasteiger partial charge >= 0.3 is 0 Å². The lowest BCUT2D eigenvalue weighted by atomic mass is 9.97. The van der Waals surface area contributed by atoms with Crippen molar-refractivity contribution in [1.29, 1.82) is 0 Å². The number of aryl methyl sites for hydroxylation is 1. The number of anilines is 2. The molecule has 1 fully saturated rings. The number of benzene rings is 2. The number of sulfonamides is 1. The molecular formula is C23H28FN3O4S. The summed E-state index contributed by atoms with van der Waals surface area (Å²) in [6.07, 6.45) is 0.671. The lowest BCUT2D eigenvalue weighted by Gasteiger charge is -2.30. The third kappa shape index (κ3) is 5.34. The fourth-order valence-electron chi connectivity index (χ4n) is 3.51. The summed E-state index contributed by atoms with van der Waals surface area (Å²) in [6, 6.07) is 10.6. The summed E-state index contributed by atoms with van der Waals surface area (Å²) in [5.74, 6) is -1.64. The van der Waals surface area contributed by atoms with Crippen LogP contribution in [0.5, 0.6) is 0 Å². The van der Waals surface area contributed by atoms with E-state index in [9.17, 15) is 22.4 Å². The molecule has 0 atom stereocenters. The van der Waals surface area contributed by atoms with E-state index in [1.165, 1.54) is 22.5 Å². The van der Waals surface area contributed by atoms with Crippen LogP contribution in [-0.2, 0) is 19.6 Å². The van der Waals surface area contributed by atoms with Crippen LogP contribution in [0.1, 0.15) is 32.3 Å². The number of hydrogen-bond acceptors (Lipinski definition) is 4. The van der Waals surface area contributed by atoms with Crippen molar-refractivity contribution in [2.45, 2.75) is 38.5 Å². The molecule has 0 spiro atoms. The van der Waals surface area contributed by atoms with Gasteiger partial charge < -0.3 is 10.6 Å². The van der Waals surface area contributed by atoms with E-state index in [1.807, 2.05) is 13.0 Å². The Bertz CT molecular complexity index is 1110. The summed E-state index contributed by atoms with van der Waals surface area (Å²) < 4.78 is 40.7. The van der Waals surface area contributed by atoms with Gasteiger partial charge in [-0.05, 0) is 49.6 Å². The molecule has 3 rings (SSSR count). The molecule has 1 aliphatic heterocycles. The quantitative estimate of drug-likeness (QED) is 0.685. The average molecular weight is 462 g/mol. The van der Waals surface area contributed by atoms with Gasteiger partial charge in [0.15, 0.2) is 0 Å². The van der Waals surface area contributed by atoms with Gasteiger partial charge in [0.2, 0.25) is 21.8 Å². The fourth-order valence-corrected chi connectivity index (χ4v) is 5.04. The van der Waals surface area contributed by atoms with Gasteiger partial charge in [-0.25, -0.2) is 12.8 Å². The molecule has 9 heteroatoms. The Balaban J connectivity index is 1.64. The molecule has 0 aromatic heterocycles. The zero-order chi connectivity index (χ0) is 23.5. The summed E-state index contributed by atoms with van der Waals surface area (Å²) in [5.41, 5.74) is 2.04. The molecule has 0 unspecified atom stereocenters. The van der Waals surface area contributed by atoms with E-state index in [0.717, 1.165) is 11.6 Å². The Hall–Kier alpha value is -2.78. The Kier molecular flexibility index (Phi) is 7.30. The van der Waals surface area contributed by atoms with E-state index in [-0.39, 0.29) is 41.6 Å². The first-order chi connectivity index (χ1) is 15.1. The van der Waals surface area contributed by atoms with Crippen LogP contribution in [-0.4, -0.2) is 37.6 Å². The number of carbonyl (C=O) groups is 2. The first-order valence-electron chi connectivity index (χ1n) is 10.6. The van der Waals surface area contributed by atoms with Crippen LogP contribution in [0.25, 0.3) is 0 Å². The van der Waals surface area contributed by atoms with Crippen LogP contribution in [0.3, 0.4) is 0 Å². The monoisotopic (exact) mass is 461 g/mol. The molecule has 1 aliphatic rings. The summed E-state index contributed by atoms with van der Waals surface area (Å²) in [6.45, 7) is 5.72. The molecule has 1 heterocycles. The number of nitrogens with zero attached hydrogens (tertiary/aromatic N) is 1. The molecular weight excluding hydrogens is 433 g/mol. The summed E-state index contributed by atoms with van der Waals surface area (Å²) in [4.78, 5) is 24.4. The highest BCUT2D eigenvalue weighted by molar-refractivity contribution is 7.89. The molecule has 2 aromatic rings. The summed E-state index contributed by atoms with van der Waals surface area (Å²) >= 11 is 0. The number of nitrogens with one attached hydrogen (secondary N) is 2. The molecule has 0 bridgehead atoms. The second-order valence-electron chi connectivity index (χ2n) is 8.27. The van der Waals surface area contributed by atoms with Gasteiger partial charge in [-0.15, -0.1) is 0 Å². The number of hydrogen-bond donors (Lipinski definition) is 2. The molecule has 0 radical (unpaired) electrons. The fraction of sp³-hybridized carbons (Fsp3) is 0.391. The van der Waals surface area contributed by atoms with Crippen molar-refractivity contribution in [3.63, 3.8) is 0 Å². The predicted octanol–water partition coefficient (Wildman–Crippen LogP) is 3.77. The van der Waals surface area contributed by atoms with E-state index in [1.54, 1.807) is 26.0 Å². The third-order valence-corrected chi connectivity index (χ3v) is 7.50. The van der Waals surface area contributed by atoms with Crippen molar-refractivity contribution in [3.05, 3.63) is 53.8 Å². The first-order valence-corrected chi connectivity index (χ1v) is 12.0.